The van der Waals surface area contributed by atoms with Crippen LogP contribution in [-0.2, 0) is 22.5 Å². The summed E-state index contributed by atoms with van der Waals surface area (Å²) in [5, 5.41) is 9.09. The number of piperidine rings is 1. The molecule has 0 spiro atoms. The fraction of sp³-hybridized carbons (Fsp3) is 0.480. The number of carbonyl (C=O) groups is 1. The largest absolute Gasteiger partial charge is 0.491 e. The first-order valence-corrected chi connectivity index (χ1v) is 10.9. The SMILES string of the molecule is CCOC(=O)C1(CCc2ccccc2)CCCN(Cc2ccccc2OCCO)C1. The number of hydrogen-bond donors (Lipinski definition) is 1. The molecule has 2 aromatic rings. The second-order valence-corrected chi connectivity index (χ2v) is 7.98. The summed E-state index contributed by atoms with van der Waals surface area (Å²) in [6.07, 6.45) is 3.48. The molecule has 5 nitrogen and oxygen atoms in total. The van der Waals surface area contributed by atoms with Crippen molar-refractivity contribution in [2.75, 3.05) is 32.9 Å². The first kappa shape index (κ1) is 22.3. The quantitative estimate of drug-likeness (QED) is 0.602. The summed E-state index contributed by atoms with van der Waals surface area (Å²) >= 11 is 0. The number of ether oxygens (including phenoxy) is 2. The Balaban J connectivity index is 1.74. The Hall–Kier alpha value is -2.37. The van der Waals surface area contributed by atoms with Crippen LogP contribution in [0.5, 0.6) is 5.75 Å². The van der Waals surface area contributed by atoms with Gasteiger partial charge in [-0.1, -0.05) is 48.5 Å². The summed E-state index contributed by atoms with van der Waals surface area (Å²) in [5.74, 6) is 0.721. The molecule has 1 fully saturated rings. The van der Waals surface area contributed by atoms with Gasteiger partial charge in [-0.15, -0.1) is 0 Å². The van der Waals surface area contributed by atoms with Crippen molar-refractivity contribution in [2.45, 2.75) is 39.2 Å². The van der Waals surface area contributed by atoms with Crippen LogP contribution in [0.15, 0.2) is 54.6 Å². The van der Waals surface area contributed by atoms with Crippen LogP contribution in [0.1, 0.15) is 37.3 Å². The summed E-state index contributed by atoms with van der Waals surface area (Å²) in [5.41, 5.74) is 1.85. The van der Waals surface area contributed by atoms with Gasteiger partial charge in [0.05, 0.1) is 18.6 Å². The molecule has 1 atom stereocenters. The zero-order valence-electron chi connectivity index (χ0n) is 17.9. The van der Waals surface area contributed by atoms with E-state index in [1.54, 1.807) is 0 Å². The predicted octanol–water partition coefficient (Wildman–Crippen LogP) is 3.84. The number of esters is 1. The lowest BCUT2D eigenvalue weighted by Gasteiger charge is -2.41. The molecular formula is C25H33NO4. The second kappa shape index (κ2) is 11.1. The van der Waals surface area contributed by atoms with Gasteiger partial charge in [-0.3, -0.25) is 9.69 Å². The molecule has 1 aliphatic rings. The van der Waals surface area contributed by atoms with Crippen LogP contribution >= 0.6 is 0 Å². The van der Waals surface area contributed by atoms with Crippen molar-refractivity contribution in [1.29, 1.82) is 0 Å². The molecule has 1 heterocycles. The molecule has 0 bridgehead atoms. The second-order valence-electron chi connectivity index (χ2n) is 7.98. The minimum Gasteiger partial charge on any atom is -0.491 e. The summed E-state index contributed by atoms with van der Waals surface area (Å²) < 4.78 is 11.2. The number of aliphatic hydroxyl groups excluding tert-OH is 1. The number of carbonyl (C=O) groups excluding carboxylic acids is 1. The third kappa shape index (κ3) is 5.83. The molecular weight excluding hydrogens is 378 g/mol. The molecule has 30 heavy (non-hydrogen) atoms. The van der Waals surface area contributed by atoms with Crippen LogP contribution in [0.2, 0.25) is 0 Å². The van der Waals surface area contributed by atoms with Crippen molar-refractivity contribution in [3.63, 3.8) is 0 Å². The van der Waals surface area contributed by atoms with E-state index >= 15 is 0 Å². The van der Waals surface area contributed by atoms with Gasteiger partial charge in [-0.05, 0) is 50.8 Å². The summed E-state index contributed by atoms with van der Waals surface area (Å²) in [6, 6.07) is 18.3. The predicted molar refractivity (Wildman–Crippen MR) is 117 cm³/mol. The van der Waals surface area contributed by atoms with Crippen molar-refractivity contribution in [3.8, 4) is 5.75 Å². The van der Waals surface area contributed by atoms with Gasteiger partial charge in [0.15, 0.2) is 0 Å². The van der Waals surface area contributed by atoms with E-state index in [0.29, 0.717) is 19.7 Å². The Bertz CT molecular complexity index is 795. The van der Waals surface area contributed by atoms with Gasteiger partial charge in [-0.2, -0.15) is 0 Å². The number of benzene rings is 2. The molecule has 0 amide bonds. The van der Waals surface area contributed by atoms with Gasteiger partial charge in [0.25, 0.3) is 0 Å². The van der Waals surface area contributed by atoms with E-state index in [1.165, 1.54) is 5.56 Å². The molecule has 3 rings (SSSR count). The highest BCUT2D eigenvalue weighted by Crippen LogP contribution is 2.37. The highest BCUT2D eigenvalue weighted by Gasteiger charge is 2.43. The molecule has 0 saturated carbocycles. The smallest absolute Gasteiger partial charge is 0.313 e. The molecule has 1 saturated heterocycles. The van der Waals surface area contributed by atoms with E-state index in [9.17, 15) is 4.79 Å². The lowest BCUT2D eigenvalue weighted by atomic mass is 9.75. The van der Waals surface area contributed by atoms with Gasteiger partial charge in [0, 0.05) is 18.7 Å². The summed E-state index contributed by atoms with van der Waals surface area (Å²) in [4.78, 5) is 15.4. The molecule has 0 aromatic heterocycles. The minimum atomic E-state index is -0.481. The lowest BCUT2D eigenvalue weighted by molar-refractivity contribution is -0.160. The number of rotatable bonds is 10. The number of aliphatic hydroxyl groups is 1. The zero-order chi connectivity index (χ0) is 21.2. The number of hydrogen-bond acceptors (Lipinski definition) is 5. The van der Waals surface area contributed by atoms with Gasteiger partial charge in [0.1, 0.15) is 12.4 Å². The Morgan fingerprint density at radius 2 is 1.90 bits per heavy atom. The van der Waals surface area contributed by atoms with Crippen molar-refractivity contribution in [2.24, 2.45) is 5.41 Å². The highest BCUT2D eigenvalue weighted by atomic mass is 16.5. The molecule has 162 valence electrons. The van der Waals surface area contributed by atoms with Crippen LogP contribution in [0, 0.1) is 5.41 Å². The maximum atomic E-state index is 13.0. The number of para-hydroxylation sites is 1. The van der Waals surface area contributed by atoms with Crippen LogP contribution in [0.3, 0.4) is 0 Å². The summed E-state index contributed by atoms with van der Waals surface area (Å²) in [6.45, 7) is 4.90. The number of likely N-dealkylation sites (tertiary alicyclic amines) is 1. The van der Waals surface area contributed by atoms with E-state index in [4.69, 9.17) is 14.6 Å². The molecule has 5 heteroatoms. The monoisotopic (exact) mass is 411 g/mol. The fourth-order valence-electron chi connectivity index (χ4n) is 4.32. The molecule has 0 radical (unpaired) electrons. The Morgan fingerprint density at radius 1 is 1.13 bits per heavy atom. The average molecular weight is 412 g/mol. The Labute approximate surface area is 179 Å². The molecule has 1 unspecified atom stereocenters. The van der Waals surface area contributed by atoms with Crippen LogP contribution in [-0.4, -0.2) is 48.9 Å². The maximum absolute atomic E-state index is 13.0. The van der Waals surface area contributed by atoms with E-state index in [1.807, 2.05) is 43.3 Å². The van der Waals surface area contributed by atoms with Crippen LogP contribution in [0.25, 0.3) is 0 Å². The molecule has 2 aromatic carbocycles. The first-order chi connectivity index (χ1) is 14.7. The van der Waals surface area contributed by atoms with E-state index in [2.05, 4.69) is 23.1 Å². The van der Waals surface area contributed by atoms with Crippen molar-refractivity contribution < 1.29 is 19.4 Å². The third-order valence-electron chi connectivity index (χ3n) is 5.81. The van der Waals surface area contributed by atoms with Crippen molar-refractivity contribution >= 4 is 5.97 Å². The van der Waals surface area contributed by atoms with Crippen molar-refractivity contribution in [3.05, 3.63) is 65.7 Å². The first-order valence-electron chi connectivity index (χ1n) is 10.9. The summed E-state index contributed by atoms with van der Waals surface area (Å²) in [7, 11) is 0. The molecule has 1 N–H and O–H groups in total. The van der Waals surface area contributed by atoms with E-state index < -0.39 is 5.41 Å². The van der Waals surface area contributed by atoms with Crippen LogP contribution < -0.4 is 4.74 Å². The van der Waals surface area contributed by atoms with Crippen LogP contribution in [0.4, 0.5) is 0 Å². The topological polar surface area (TPSA) is 59.0 Å². The Kier molecular flexibility index (Phi) is 8.29. The van der Waals surface area contributed by atoms with Crippen molar-refractivity contribution in [1.82, 2.24) is 4.90 Å². The fourth-order valence-corrected chi connectivity index (χ4v) is 4.32. The van der Waals surface area contributed by atoms with Gasteiger partial charge < -0.3 is 14.6 Å². The number of aryl methyl sites for hydroxylation is 1. The minimum absolute atomic E-state index is 0.0104. The van der Waals surface area contributed by atoms with E-state index in [0.717, 1.165) is 43.5 Å². The third-order valence-corrected chi connectivity index (χ3v) is 5.81. The standard InChI is InChI=1S/C25H33NO4/c1-2-29-24(28)25(15-13-21-9-4-3-5-10-21)14-8-16-26(20-25)19-22-11-6-7-12-23(22)30-18-17-27/h3-7,9-12,27H,2,8,13-20H2,1H3. The van der Waals surface area contributed by atoms with E-state index in [-0.39, 0.29) is 19.2 Å². The average Bonchev–Trinajstić information content (AvgIpc) is 2.78. The van der Waals surface area contributed by atoms with Gasteiger partial charge >= 0.3 is 5.97 Å². The normalized spacial score (nSPS) is 19.4. The maximum Gasteiger partial charge on any atom is 0.313 e. The van der Waals surface area contributed by atoms with Gasteiger partial charge in [0.2, 0.25) is 0 Å². The van der Waals surface area contributed by atoms with Gasteiger partial charge in [-0.25, -0.2) is 0 Å². The zero-order valence-corrected chi connectivity index (χ0v) is 17.9. The Morgan fingerprint density at radius 3 is 2.67 bits per heavy atom. The lowest BCUT2D eigenvalue weighted by Crippen LogP contribution is -2.48. The molecule has 0 aliphatic carbocycles. The number of nitrogens with zero attached hydrogens (tertiary/aromatic N) is 1. The highest BCUT2D eigenvalue weighted by molar-refractivity contribution is 5.77. The molecule has 1 aliphatic heterocycles.